The SMILES string of the molecule is CC(Nc1nc(-c2ccncc2)nc2c1CCC2)c1ncn[nH]1. The average Bonchev–Trinajstić information content (AvgIpc) is 3.27. The highest BCUT2D eigenvalue weighted by Crippen LogP contribution is 2.30. The molecule has 7 heteroatoms. The normalized spacial score (nSPS) is 14.5. The van der Waals surface area contributed by atoms with E-state index in [0.717, 1.165) is 48.0 Å². The molecule has 0 amide bonds. The molecule has 0 spiro atoms. The van der Waals surface area contributed by atoms with Crippen LogP contribution in [0.2, 0.25) is 0 Å². The molecule has 0 saturated heterocycles. The number of anilines is 1. The minimum atomic E-state index is 0.00221. The molecule has 1 atom stereocenters. The molecule has 1 unspecified atom stereocenters. The Balaban J connectivity index is 1.72. The monoisotopic (exact) mass is 307 g/mol. The number of nitrogens with one attached hydrogen (secondary N) is 2. The van der Waals surface area contributed by atoms with Gasteiger partial charge in [0, 0.05) is 29.2 Å². The molecule has 1 aliphatic rings. The Bertz CT molecular complexity index is 799. The second-order valence-corrected chi connectivity index (χ2v) is 5.65. The summed E-state index contributed by atoms with van der Waals surface area (Å²) in [5.41, 5.74) is 3.33. The number of hydrogen-bond donors (Lipinski definition) is 2. The van der Waals surface area contributed by atoms with Crippen LogP contribution in [0.25, 0.3) is 11.4 Å². The smallest absolute Gasteiger partial charge is 0.161 e. The summed E-state index contributed by atoms with van der Waals surface area (Å²) in [4.78, 5) is 17.8. The van der Waals surface area contributed by atoms with Gasteiger partial charge in [-0.05, 0) is 38.3 Å². The molecule has 3 heterocycles. The van der Waals surface area contributed by atoms with Crippen LogP contribution >= 0.6 is 0 Å². The van der Waals surface area contributed by atoms with Gasteiger partial charge in [-0.25, -0.2) is 15.0 Å². The molecule has 116 valence electrons. The predicted octanol–water partition coefficient (Wildman–Crippen LogP) is 2.32. The van der Waals surface area contributed by atoms with Gasteiger partial charge in [0.2, 0.25) is 0 Å². The number of aromatic amines is 1. The zero-order chi connectivity index (χ0) is 15.6. The second kappa shape index (κ2) is 5.75. The van der Waals surface area contributed by atoms with Gasteiger partial charge in [-0.15, -0.1) is 0 Å². The van der Waals surface area contributed by atoms with Crippen molar-refractivity contribution in [2.24, 2.45) is 0 Å². The molecule has 1 aliphatic carbocycles. The van der Waals surface area contributed by atoms with Crippen LogP contribution in [0.3, 0.4) is 0 Å². The summed E-state index contributed by atoms with van der Waals surface area (Å²) < 4.78 is 0. The standard InChI is InChI=1S/C16H17N7/c1-10(14-18-9-19-23-14)20-16-12-3-2-4-13(12)21-15(22-16)11-5-7-17-8-6-11/h5-10H,2-4H2,1H3,(H,18,19,23)(H,20,21,22). The lowest BCUT2D eigenvalue weighted by Crippen LogP contribution is -2.13. The Morgan fingerprint density at radius 2 is 2.04 bits per heavy atom. The fourth-order valence-corrected chi connectivity index (χ4v) is 2.88. The zero-order valence-corrected chi connectivity index (χ0v) is 12.8. The van der Waals surface area contributed by atoms with Gasteiger partial charge in [0.25, 0.3) is 0 Å². The number of fused-ring (bicyclic) bond motifs is 1. The van der Waals surface area contributed by atoms with Gasteiger partial charge < -0.3 is 5.32 Å². The molecule has 4 rings (SSSR count). The van der Waals surface area contributed by atoms with Crippen molar-refractivity contribution in [1.82, 2.24) is 30.1 Å². The van der Waals surface area contributed by atoms with Crippen LogP contribution in [0.4, 0.5) is 5.82 Å². The van der Waals surface area contributed by atoms with Crippen molar-refractivity contribution >= 4 is 5.82 Å². The molecule has 0 aromatic carbocycles. The van der Waals surface area contributed by atoms with Crippen molar-refractivity contribution in [3.63, 3.8) is 0 Å². The first-order valence-corrected chi connectivity index (χ1v) is 7.73. The highest BCUT2D eigenvalue weighted by atomic mass is 15.2. The van der Waals surface area contributed by atoms with E-state index in [-0.39, 0.29) is 6.04 Å². The summed E-state index contributed by atoms with van der Waals surface area (Å²) in [6.07, 6.45) is 8.17. The van der Waals surface area contributed by atoms with Gasteiger partial charge in [0.15, 0.2) is 5.82 Å². The molecular weight excluding hydrogens is 290 g/mol. The van der Waals surface area contributed by atoms with Crippen molar-refractivity contribution in [3.05, 3.63) is 47.9 Å². The van der Waals surface area contributed by atoms with Crippen LogP contribution < -0.4 is 5.32 Å². The minimum absolute atomic E-state index is 0.00221. The number of aromatic nitrogens is 6. The van der Waals surface area contributed by atoms with Crippen LogP contribution in [0.5, 0.6) is 0 Å². The lowest BCUT2D eigenvalue weighted by atomic mass is 10.2. The molecule has 23 heavy (non-hydrogen) atoms. The predicted molar refractivity (Wildman–Crippen MR) is 85.7 cm³/mol. The van der Waals surface area contributed by atoms with Crippen LogP contribution in [-0.4, -0.2) is 30.1 Å². The van der Waals surface area contributed by atoms with Gasteiger partial charge >= 0.3 is 0 Å². The Kier molecular flexibility index (Phi) is 3.45. The molecular formula is C16H17N7. The number of H-pyrrole nitrogens is 1. The van der Waals surface area contributed by atoms with Crippen LogP contribution in [-0.2, 0) is 12.8 Å². The van der Waals surface area contributed by atoms with Crippen molar-refractivity contribution in [2.75, 3.05) is 5.32 Å². The van der Waals surface area contributed by atoms with Gasteiger partial charge in [-0.3, -0.25) is 10.1 Å². The molecule has 0 saturated carbocycles. The Labute approximate surface area is 133 Å². The molecule has 0 fully saturated rings. The minimum Gasteiger partial charge on any atom is -0.360 e. The van der Waals surface area contributed by atoms with E-state index in [2.05, 4.69) is 25.5 Å². The summed E-state index contributed by atoms with van der Waals surface area (Å²) in [6, 6.07) is 3.86. The number of pyridine rings is 1. The Morgan fingerprint density at radius 1 is 1.17 bits per heavy atom. The number of nitrogens with zero attached hydrogens (tertiary/aromatic N) is 5. The van der Waals surface area contributed by atoms with Gasteiger partial charge in [-0.1, -0.05) is 0 Å². The molecule has 3 aromatic rings. The number of hydrogen-bond acceptors (Lipinski definition) is 6. The Morgan fingerprint density at radius 3 is 2.83 bits per heavy atom. The third-order valence-electron chi connectivity index (χ3n) is 4.07. The zero-order valence-electron chi connectivity index (χ0n) is 12.8. The fraction of sp³-hybridized carbons (Fsp3) is 0.312. The maximum absolute atomic E-state index is 4.75. The van der Waals surface area contributed by atoms with Crippen LogP contribution in [0.1, 0.15) is 36.5 Å². The molecule has 2 N–H and O–H groups in total. The number of aryl methyl sites for hydroxylation is 1. The summed E-state index contributed by atoms with van der Waals surface area (Å²) in [7, 11) is 0. The van der Waals surface area contributed by atoms with Gasteiger partial charge in [-0.2, -0.15) is 5.10 Å². The summed E-state index contributed by atoms with van der Waals surface area (Å²) in [6.45, 7) is 2.04. The Hall–Kier alpha value is -2.83. The van der Waals surface area contributed by atoms with Crippen LogP contribution in [0, 0.1) is 0 Å². The van der Waals surface area contributed by atoms with E-state index in [1.165, 1.54) is 11.9 Å². The summed E-state index contributed by atoms with van der Waals surface area (Å²) in [5, 5.41) is 10.3. The average molecular weight is 307 g/mol. The van der Waals surface area contributed by atoms with E-state index in [0.29, 0.717) is 0 Å². The first kappa shape index (κ1) is 13.8. The summed E-state index contributed by atoms with van der Waals surface area (Å²) >= 11 is 0. The van der Waals surface area contributed by atoms with Gasteiger partial charge in [0.1, 0.15) is 18.0 Å². The third-order valence-corrected chi connectivity index (χ3v) is 4.07. The maximum Gasteiger partial charge on any atom is 0.161 e. The first-order chi connectivity index (χ1) is 11.3. The van der Waals surface area contributed by atoms with E-state index in [1.54, 1.807) is 12.4 Å². The first-order valence-electron chi connectivity index (χ1n) is 7.73. The lowest BCUT2D eigenvalue weighted by molar-refractivity contribution is 0.786. The van der Waals surface area contributed by atoms with Crippen molar-refractivity contribution < 1.29 is 0 Å². The van der Waals surface area contributed by atoms with E-state index in [9.17, 15) is 0 Å². The van der Waals surface area contributed by atoms with E-state index >= 15 is 0 Å². The highest BCUT2D eigenvalue weighted by Gasteiger charge is 2.21. The highest BCUT2D eigenvalue weighted by molar-refractivity contribution is 5.60. The molecule has 0 aliphatic heterocycles. The molecule has 3 aromatic heterocycles. The second-order valence-electron chi connectivity index (χ2n) is 5.65. The third kappa shape index (κ3) is 2.65. The number of rotatable bonds is 4. The maximum atomic E-state index is 4.75. The largest absolute Gasteiger partial charge is 0.360 e. The van der Waals surface area contributed by atoms with E-state index in [4.69, 9.17) is 9.97 Å². The van der Waals surface area contributed by atoms with Crippen LogP contribution in [0.15, 0.2) is 30.9 Å². The molecule has 0 bridgehead atoms. The van der Waals surface area contributed by atoms with Crippen molar-refractivity contribution in [2.45, 2.75) is 32.2 Å². The molecule has 0 radical (unpaired) electrons. The quantitative estimate of drug-likeness (QED) is 0.768. The van der Waals surface area contributed by atoms with Crippen molar-refractivity contribution in [3.8, 4) is 11.4 Å². The van der Waals surface area contributed by atoms with E-state index < -0.39 is 0 Å². The molecule has 7 nitrogen and oxygen atoms in total. The van der Waals surface area contributed by atoms with Crippen molar-refractivity contribution in [1.29, 1.82) is 0 Å². The lowest BCUT2D eigenvalue weighted by Gasteiger charge is -2.16. The van der Waals surface area contributed by atoms with Gasteiger partial charge in [0.05, 0.1) is 6.04 Å². The van der Waals surface area contributed by atoms with E-state index in [1.807, 2.05) is 19.1 Å². The summed E-state index contributed by atoms with van der Waals surface area (Å²) in [5.74, 6) is 2.42. The topological polar surface area (TPSA) is 92.3 Å². The fourth-order valence-electron chi connectivity index (χ4n) is 2.88.